The number of halogens is 9. The smallest absolute Gasteiger partial charge is 0.416 e. The summed E-state index contributed by atoms with van der Waals surface area (Å²) < 4.78 is 134. The van der Waals surface area contributed by atoms with Crippen LogP contribution in [0.5, 0.6) is 0 Å². The quantitative estimate of drug-likeness (QED) is 0.0797. The van der Waals surface area contributed by atoms with Crippen molar-refractivity contribution in [3.8, 4) is 33.4 Å². The Morgan fingerprint density at radius 2 is 0.725 bits per heavy atom. The molecule has 3 aromatic carbocycles. The summed E-state index contributed by atoms with van der Waals surface area (Å²) in [5.41, 5.74) is 3.28. The first-order valence-corrected chi connectivity index (χ1v) is 35.6. The van der Waals surface area contributed by atoms with Gasteiger partial charge in [0.2, 0.25) is 0 Å². The maximum absolute atomic E-state index is 13.0. The van der Waals surface area contributed by atoms with Gasteiger partial charge in [-0.2, -0.15) is 39.5 Å². The van der Waals surface area contributed by atoms with Gasteiger partial charge in [0.1, 0.15) is 24.1 Å². The van der Waals surface area contributed by atoms with Crippen molar-refractivity contribution in [1.29, 1.82) is 0 Å². The zero-order chi connectivity index (χ0) is 72.1. The Bertz CT molecular complexity index is 3950. The number of ketones is 1. The van der Waals surface area contributed by atoms with Crippen LogP contribution in [0.1, 0.15) is 132 Å². The minimum Gasteiger partial charge on any atom is -0.462 e. The molecule has 0 radical (unpaired) electrons. The summed E-state index contributed by atoms with van der Waals surface area (Å²) in [5, 5.41) is 20.4. The molecule has 9 fully saturated rings. The summed E-state index contributed by atoms with van der Waals surface area (Å²) in [6.45, 7) is 5.87. The predicted molar refractivity (Wildman–Crippen MR) is 363 cm³/mol. The number of hydrogen-bond donors (Lipinski definition) is 2. The van der Waals surface area contributed by atoms with Crippen LogP contribution in [-0.2, 0) is 51.9 Å². The monoisotopic (exact) mass is 1410 g/mol. The standard InChI is InChI=1S/2C27H28F3NO3.C27H26F3NO3/c3*1-15-25-23(22-10-8-21(32)12-18(22)13-24(25)26(33)34-15)9-7-20-6-5-17(14-31-20)16-3-2-4-19(11-16)27(28,29)30/h2*2-7,9,11,14-15,18,21-25,32H,8,10,12-13H2,1H3;2-7,9,11,14-15,18,22-25H,8,10,12-13H2,1H3/b3*9-7+/t2*15-,18?,21?,22?,23?,24?,25?;15-,18?,22?,23?,24?,25?/m111/s1. The number of aliphatic hydroxyl groups is 2. The van der Waals surface area contributed by atoms with E-state index in [1.165, 1.54) is 18.2 Å². The van der Waals surface area contributed by atoms with Crippen LogP contribution in [0, 0.1) is 88.8 Å². The number of rotatable bonds is 9. The minimum absolute atomic E-state index is 0.0857. The van der Waals surface area contributed by atoms with Crippen LogP contribution in [0.2, 0.25) is 0 Å². The van der Waals surface area contributed by atoms with E-state index in [-0.39, 0.29) is 113 Å². The molecule has 9 aliphatic rings. The van der Waals surface area contributed by atoms with Crippen LogP contribution in [-0.4, -0.2) is 79.4 Å². The summed E-state index contributed by atoms with van der Waals surface area (Å²) in [4.78, 5) is 62.8. The average Bonchev–Trinajstić information content (AvgIpc) is 1.57. The van der Waals surface area contributed by atoms with E-state index in [0.29, 0.717) is 92.9 Å². The number of nitrogens with zero attached hydrogens (tertiary/aromatic N) is 3. The van der Waals surface area contributed by atoms with Crippen molar-refractivity contribution in [3.05, 3.63) is 180 Å². The van der Waals surface area contributed by atoms with E-state index >= 15 is 0 Å². The lowest BCUT2D eigenvalue weighted by Crippen LogP contribution is -2.44. The normalized spacial score (nSPS) is 32.7. The highest BCUT2D eigenvalue weighted by molar-refractivity contribution is 5.81. The number of benzene rings is 3. The zero-order valence-electron chi connectivity index (χ0n) is 56.6. The first-order valence-electron chi connectivity index (χ1n) is 35.6. The third kappa shape index (κ3) is 15.6. The van der Waals surface area contributed by atoms with Gasteiger partial charge in [0.15, 0.2) is 0 Å². The lowest BCUT2D eigenvalue weighted by molar-refractivity contribution is -0.145. The molecule has 20 atom stereocenters. The number of aromatic nitrogens is 3. The van der Waals surface area contributed by atoms with Crippen molar-refractivity contribution < 1.29 is 83.1 Å². The number of ether oxygens (including phenoxy) is 3. The fraction of sp³-hybridized carbons (Fsp3) is 0.469. The second-order valence-electron chi connectivity index (χ2n) is 29.6. The summed E-state index contributed by atoms with van der Waals surface area (Å²) in [7, 11) is 0. The van der Waals surface area contributed by atoms with Crippen molar-refractivity contribution in [3.63, 3.8) is 0 Å². The van der Waals surface area contributed by atoms with Crippen molar-refractivity contribution in [2.45, 2.75) is 147 Å². The first kappa shape index (κ1) is 72.1. The van der Waals surface area contributed by atoms with Gasteiger partial charge in [0.05, 0.1) is 63.7 Å². The van der Waals surface area contributed by atoms with Crippen LogP contribution in [0.25, 0.3) is 51.6 Å². The molecule has 3 saturated heterocycles. The molecule has 102 heavy (non-hydrogen) atoms. The van der Waals surface area contributed by atoms with E-state index in [1.54, 1.807) is 73.2 Å². The van der Waals surface area contributed by atoms with E-state index in [1.807, 2.05) is 39.0 Å². The van der Waals surface area contributed by atoms with Gasteiger partial charge in [-0.25, -0.2) is 0 Å². The number of hydrogen-bond acceptors (Lipinski definition) is 12. The molecule has 2 N–H and O–H groups in total. The topological polar surface area (TPSA) is 175 Å². The summed E-state index contributed by atoms with van der Waals surface area (Å²) >= 11 is 0. The lowest BCUT2D eigenvalue weighted by atomic mass is 9.57. The van der Waals surface area contributed by atoms with Crippen LogP contribution >= 0.6 is 0 Å². The number of cyclic esters (lactones) is 3. The van der Waals surface area contributed by atoms with E-state index in [4.69, 9.17) is 14.2 Å². The number of alkyl halides is 9. The molecule has 6 aliphatic carbocycles. The number of aliphatic hydroxyl groups excluding tert-OH is 2. The molecule has 6 saturated carbocycles. The van der Waals surface area contributed by atoms with E-state index in [9.17, 15) is 68.9 Å². The maximum Gasteiger partial charge on any atom is 0.416 e. The number of carbonyl (C=O) groups excluding carboxylic acids is 4. The lowest BCUT2D eigenvalue weighted by Gasteiger charge is -2.46. The first-order chi connectivity index (χ1) is 48.6. The molecule has 0 spiro atoms. The van der Waals surface area contributed by atoms with Crippen LogP contribution in [0.3, 0.4) is 0 Å². The number of carbonyl (C=O) groups is 4. The molecule has 12 nitrogen and oxygen atoms in total. The number of pyridine rings is 3. The molecule has 6 heterocycles. The Hall–Kier alpha value is -8.30. The third-order valence-corrected chi connectivity index (χ3v) is 23.6. The van der Waals surface area contributed by atoms with Gasteiger partial charge < -0.3 is 24.4 Å². The fourth-order valence-corrected chi connectivity index (χ4v) is 18.9. The predicted octanol–water partition coefficient (Wildman–Crippen LogP) is 17.5. The van der Waals surface area contributed by atoms with Gasteiger partial charge in [0, 0.05) is 65.9 Å². The van der Waals surface area contributed by atoms with Crippen molar-refractivity contribution in [2.75, 3.05) is 0 Å². The van der Waals surface area contributed by atoms with E-state index < -0.39 is 35.2 Å². The SMILES string of the molecule is C[C@H]1OC(=O)C2CC3CC(=O)CCC3C(/C=C/c3ccc(-c4cccc(C(F)(F)F)c4)cn3)C21.C[C@H]1OC(=O)C2CC3CC(O)CCC3C(/C=C/c3ccc(-c4cccc(C(F)(F)F)c4)cn3)C21.C[C@H]1OC(=O)C2CC3CC(O)CCC3C(/C=C/c3ccc(-c4cccc(C(F)(F)F)c4)cn3)C21. The van der Waals surface area contributed by atoms with Crippen LogP contribution < -0.4 is 0 Å². The van der Waals surface area contributed by atoms with Crippen molar-refractivity contribution >= 4 is 41.9 Å². The molecule has 15 rings (SSSR count). The maximum atomic E-state index is 13.0. The van der Waals surface area contributed by atoms with E-state index in [2.05, 4.69) is 33.2 Å². The van der Waals surface area contributed by atoms with Gasteiger partial charge in [-0.1, -0.05) is 72.8 Å². The Kier molecular flexibility index (Phi) is 20.8. The van der Waals surface area contributed by atoms with Crippen molar-refractivity contribution in [1.82, 2.24) is 15.0 Å². The highest BCUT2D eigenvalue weighted by atomic mass is 19.4. The van der Waals surface area contributed by atoms with Gasteiger partial charge in [0.25, 0.3) is 0 Å². The Labute approximate surface area is 586 Å². The summed E-state index contributed by atoms with van der Waals surface area (Å²) in [5.74, 6) is 2.08. The number of allylic oxidation sites excluding steroid dienone is 3. The number of esters is 3. The molecule has 3 aromatic heterocycles. The highest BCUT2D eigenvalue weighted by Gasteiger charge is 2.57. The molecule has 21 heteroatoms. The largest absolute Gasteiger partial charge is 0.462 e. The molecular formula is C81H82F9N3O9. The molecule has 0 amide bonds. The summed E-state index contributed by atoms with van der Waals surface area (Å²) in [6.07, 6.45) is 11.8. The van der Waals surface area contributed by atoms with Crippen molar-refractivity contribution in [2.24, 2.45) is 88.8 Å². The Balaban J connectivity index is 0.000000137. The molecule has 3 aliphatic heterocycles. The third-order valence-electron chi connectivity index (χ3n) is 23.6. The summed E-state index contributed by atoms with van der Waals surface area (Å²) in [6, 6.07) is 26.3. The minimum atomic E-state index is -4.39. The fourth-order valence-electron chi connectivity index (χ4n) is 18.9. The van der Waals surface area contributed by atoms with Crippen LogP contribution in [0.4, 0.5) is 39.5 Å². The van der Waals surface area contributed by atoms with Gasteiger partial charge in [-0.15, -0.1) is 0 Å². The van der Waals surface area contributed by atoms with Gasteiger partial charge >= 0.3 is 36.4 Å². The Morgan fingerprint density at radius 3 is 1.04 bits per heavy atom. The average molecular weight is 1410 g/mol. The molecular weight excluding hydrogens is 1330 g/mol. The van der Waals surface area contributed by atoms with Gasteiger partial charge in [-0.05, 0) is 228 Å². The molecule has 538 valence electrons. The second-order valence-corrected chi connectivity index (χ2v) is 29.6. The Morgan fingerprint density at radius 1 is 0.402 bits per heavy atom. The number of Topliss-reactive ketones (excluding diaryl/α,β-unsaturated/α-hetero) is 1. The molecule has 0 bridgehead atoms. The zero-order valence-corrected chi connectivity index (χ0v) is 56.6. The van der Waals surface area contributed by atoms with Crippen LogP contribution in [0.15, 0.2) is 146 Å². The highest BCUT2D eigenvalue weighted by Crippen LogP contribution is 2.57. The van der Waals surface area contributed by atoms with Gasteiger partial charge in [-0.3, -0.25) is 34.1 Å². The molecule has 17 unspecified atom stereocenters. The number of fused-ring (bicyclic) bond motifs is 6. The van der Waals surface area contributed by atoms with E-state index in [0.717, 1.165) is 101 Å². The second kappa shape index (κ2) is 29.4. The molecule has 6 aromatic rings.